The largest absolute Gasteiger partial charge is 0.367 e. The monoisotopic (exact) mass is 422 g/mol. The van der Waals surface area contributed by atoms with E-state index in [1.165, 1.54) is 16.7 Å². The summed E-state index contributed by atoms with van der Waals surface area (Å²) in [6.45, 7) is 4.35. The highest BCUT2D eigenvalue weighted by Crippen LogP contribution is 2.42. The Hall–Kier alpha value is -3.54. The summed E-state index contributed by atoms with van der Waals surface area (Å²) in [7, 11) is 0. The quantitative estimate of drug-likeness (QED) is 0.484. The molecule has 6 heteroatoms. The fraction of sp³-hybridized carbons (Fsp3) is 0.308. The van der Waals surface area contributed by atoms with Gasteiger partial charge in [-0.15, -0.1) is 0 Å². The molecule has 0 fully saturated rings. The van der Waals surface area contributed by atoms with Crippen LogP contribution in [0.25, 0.3) is 22.5 Å². The van der Waals surface area contributed by atoms with Gasteiger partial charge in [0.25, 0.3) is 0 Å². The lowest BCUT2D eigenvalue weighted by Crippen LogP contribution is -2.24. The molecule has 6 nitrogen and oxygen atoms in total. The number of anilines is 1. The van der Waals surface area contributed by atoms with Crippen molar-refractivity contribution in [2.45, 2.75) is 51.5 Å². The van der Waals surface area contributed by atoms with Gasteiger partial charge in [0.15, 0.2) is 5.65 Å². The van der Waals surface area contributed by atoms with E-state index in [0.29, 0.717) is 12.0 Å². The lowest BCUT2D eigenvalue weighted by atomic mass is 9.88. The molecule has 2 aliphatic carbocycles. The van der Waals surface area contributed by atoms with Gasteiger partial charge in [0, 0.05) is 35.6 Å². The van der Waals surface area contributed by atoms with Crippen molar-refractivity contribution in [3.8, 4) is 11.3 Å². The molecule has 160 valence electrons. The topological polar surface area (TPSA) is 68.0 Å². The molecular weight excluding hydrogens is 396 g/mol. The first kappa shape index (κ1) is 19.2. The Bertz CT molecular complexity index is 1340. The second kappa shape index (κ2) is 7.55. The molecule has 6 rings (SSSR count). The molecule has 32 heavy (non-hydrogen) atoms. The molecule has 0 amide bonds. The smallest absolute Gasteiger partial charge is 0.161 e. The van der Waals surface area contributed by atoms with Crippen LogP contribution in [0.1, 0.15) is 55.7 Å². The van der Waals surface area contributed by atoms with Crippen LogP contribution >= 0.6 is 0 Å². The number of aromatic nitrogens is 5. The third-order valence-electron chi connectivity index (χ3n) is 6.75. The molecule has 4 aromatic rings. The number of benzene rings is 1. The van der Waals surface area contributed by atoms with Crippen molar-refractivity contribution >= 4 is 17.0 Å². The predicted molar refractivity (Wildman–Crippen MR) is 126 cm³/mol. The van der Waals surface area contributed by atoms with Crippen molar-refractivity contribution in [1.29, 1.82) is 0 Å². The van der Waals surface area contributed by atoms with Gasteiger partial charge in [0.2, 0.25) is 0 Å². The first-order valence-corrected chi connectivity index (χ1v) is 11.4. The highest BCUT2D eigenvalue weighted by atomic mass is 15.3. The third-order valence-corrected chi connectivity index (χ3v) is 6.75. The average molecular weight is 423 g/mol. The lowest BCUT2D eigenvalue weighted by molar-refractivity contribution is 0.629. The predicted octanol–water partition coefficient (Wildman–Crippen LogP) is 5.28. The van der Waals surface area contributed by atoms with E-state index in [2.05, 4.69) is 59.5 Å². The van der Waals surface area contributed by atoms with E-state index in [4.69, 9.17) is 10.1 Å². The Kier molecular flexibility index (Phi) is 4.52. The Morgan fingerprint density at radius 3 is 2.78 bits per heavy atom. The van der Waals surface area contributed by atoms with Gasteiger partial charge in [-0.25, -0.2) is 15.0 Å². The second-order valence-corrected chi connectivity index (χ2v) is 9.14. The van der Waals surface area contributed by atoms with Crippen LogP contribution in [0.3, 0.4) is 0 Å². The molecule has 1 N–H and O–H groups in total. The summed E-state index contributed by atoms with van der Waals surface area (Å²) >= 11 is 0. The molecule has 0 unspecified atom stereocenters. The zero-order valence-electron chi connectivity index (χ0n) is 18.4. The molecule has 0 bridgehead atoms. The van der Waals surface area contributed by atoms with Gasteiger partial charge in [-0.1, -0.05) is 43.7 Å². The van der Waals surface area contributed by atoms with Crippen molar-refractivity contribution in [1.82, 2.24) is 24.6 Å². The summed E-state index contributed by atoms with van der Waals surface area (Å²) < 4.78 is 1.95. The number of nitrogens with one attached hydrogen (secondary N) is 1. The van der Waals surface area contributed by atoms with Crippen LogP contribution in [0.5, 0.6) is 0 Å². The van der Waals surface area contributed by atoms with Gasteiger partial charge >= 0.3 is 0 Å². The maximum Gasteiger partial charge on any atom is 0.161 e. The van der Waals surface area contributed by atoms with Crippen molar-refractivity contribution in [2.75, 3.05) is 5.32 Å². The van der Waals surface area contributed by atoms with Crippen LogP contribution < -0.4 is 5.32 Å². The molecule has 0 saturated heterocycles. The Labute approximate surface area is 187 Å². The van der Waals surface area contributed by atoms with Gasteiger partial charge in [0.05, 0.1) is 11.9 Å². The van der Waals surface area contributed by atoms with E-state index < -0.39 is 0 Å². The van der Waals surface area contributed by atoms with Gasteiger partial charge in [0.1, 0.15) is 12.1 Å². The summed E-state index contributed by atoms with van der Waals surface area (Å²) in [5, 5.41) is 8.51. The molecule has 1 aromatic carbocycles. The third kappa shape index (κ3) is 3.18. The highest BCUT2D eigenvalue weighted by molar-refractivity contribution is 5.78. The van der Waals surface area contributed by atoms with E-state index >= 15 is 0 Å². The van der Waals surface area contributed by atoms with E-state index in [1.54, 1.807) is 11.9 Å². The van der Waals surface area contributed by atoms with E-state index in [9.17, 15) is 0 Å². The van der Waals surface area contributed by atoms with Crippen molar-refractivity contribution in [3.63, 3.8) is 0 Å². The molecule has 0 saturated carbocycles. The number of hydrogen-bond donors (Lipinski definition) is 1. The van der Waals surface area contributed by atoms with Crippen LogP contribution in [0.2, 0.25) is 0 Å². The molecule has 0 aliphatic heterocycles. The zero-order valence-corrected chi connectivity index (χ0v) is 18.4. The molecule has 0 spiro atoms. The Morgan fingerprint density at radius 1 is 1.09 bits per heavy atom. The van der Waals surface area contributed by atoms with Crippen molar-refractivity contribution < 1.29 is 0 Å². The Morgan fingerprint density at radius 2 is 1.94 bits per heavy atom. The van der Waals surface area contributed by atoms with Crippen LogP contribution in [0.15, 0.2) is 60.8 Å². The zero-order chi connectivity index (χ0) is 21.7. The summed E-state index contributed by atoms with van der Waals surface area (Å²) in [5.74, 6) is 1.31. The SMILES string of the molecule is CC(C)c1cnn2c(N[C@@H]3CCC4=C(C3)c3ccccc3C4)cc(-c3cncnc3)nc12. The van der Waals surface area contributed by atoms with Gasteiger partial charge < -0.3 is 5.32 Å². The second-order valence-electron chi connectivity index (χ2n) is 9.14. The van der Waals surface area contributed by atoms with Gasteiger partial charge in [-0.05, 0) is 48.3 Å². The average Bonchev–Trinajstić information content (AvgIpc) is 3.41. The fourth-order valence-corrected chi connectivity index (χ4v) is 5.09. The van der Waals surface area contributed by atoms with E-state index in [1.807, 2.05) is 23.1 Å². The highest BCUT2D eigenvalue weighted by Gasteiger charge is 2.28. The first-order chi connectivity index (χ1) is 15.7. The molecular formula is C26H26N6. The fourth-order valence-electron chi connectivity index (χ4n) is 5.09. The summed E-state index contributed by atoms with van der Waals surface area (Å²) in [6, 6.07) is 11.3. The van der Waals surface area contributed by atoms with Crippen molar-refractivity contribution in [2.24, 2.45) is 0 Å². The van der Waals surface area contributed by atoms with Crippen LogP contribution in [-0.2, 0) is 6.42 Å². The molecule has 0 radical (unpaired) electrons. The number of allylic oxidation sites excluding steroid dienone is 1. The van der Waals surface area contributed by atoms with Crippen LogP contribution in [0, 0.1) is 0 Å². The summed E-state index contributed by atoms with van der Waals surface area (Å²) in [4.78, 5) is 13.3. The Balaban J connectivity index is 1.38. The van der Waals surface area contributed by atoms with Gasteiger partial charge in [-0.3, -0.25) is 0 Å². The minimum Gasteiger partial charge on any atom is -0.367 e. The normalized spacial score (nSPS) is 17.7. The summed E-state index contributed by atoms with van der Waals surface area (Å²) in [5.41, 5.74) is 9.89. The van der Waals surface area contributed by atoms with Crippen LogP contribution in [0.4, 0.5) is 5.82 Å². The maximum atomic E-state index is 4.93. The molecule has 3 heterocycles. The number of rotatable bonds is 4. The standard InChI is InChI=1S/C26H26N6/c1-16(2)23-14-29-32-25(11-24(31-26(23)32)19-12-27-15-28-13-19)30-20-8-7-18-9-17-5-3-4-6-21(17)22(18)10-20/h3-6,11-16,20,30H,7-10H2,1-2H3/t20-/m1/s1. The first-order valence-electron chi connectivity index (χ1n) is 11.4. The molecule has 1 atom stereocenters. The van der Waals surface area contributed by atoms with Crippen molar-refractivity contribution in [3.05, 3.63) is 77.5 Å². The maximum absolute atomic E-state index is 4.93. The molecule has 3 aromatic heterocycles. The minimum absolute atomic E-state index is 0.340. The summed E-state index contributed by atoms with van der Waals surface area (Å²) in [6.07, 6.45) is 11.5. The number of nitrogens with zero attached hydrogens (tertiary/aromatic N) is 5. The lowest BCUT2D eigenvalue weighted by Gasteiger charge is -2.26. The number of fused-ring (bicyclic) bond motifs is 3. The molecule has 2 aliphatic rings. The van der Waals surface area contributed by atoms with Gasteiger partial charge in [-0.2, -0.15) is 9.61 Å². The minimum atomic E-state index is 0.340. The van der Waals surface area contributed by atoms with E-state index in [0.717, 1.165) is 54.0 Å². The van der Waals surface area contributed by atoms with E-state index in [-0.39, 0.29) is 0 Å². The van der Waals surface area contributed by atoms with Crippen LogP contribution in [-0.4, -0.2) is 30.6 Å². The number of hydrogen-bond acceptors (Lipinski definition) is 5.